The van der Waals surface area contributed by atoms with Gasteiger partial charge in [-0.25, -0.2) is 4.98 Å². The van der Waals surface area contributed by atoms with E-state index in [2.05, 4.69) is 25.4 Å². The van der Waals surface area contributed by atoms with Gasteiger partial charge in [0.15, 0.2) is 10.9 Å². The van der Waals surface area contributed by atoms with Crippen molar-refractivity contribution < 1.29 is 14.3 Å². The highest BCUT2D eigenvalue weighted by molar-refractivity contribution is 7.13. The quantitative estimate of drug-likeness (QED) is 0.549. The van der Waals surface area contributed by atoms with Crippen molar-refractivity contribution in [2.45, 2.75) is 26.2 Å². The summed E-state index contributed by atoms with van der Waals surface area (Å²) in [5.41, 5.74) is 2.44. The van der Waals surface area contributed by atoms with Crippen molar-refractivity contribution in [3.8, 4) is 11.3 Å². The van der Waals surface area contributed by atoms with Gasteiger partial charge in [-0.1, -0.05) is 30.3 Å². The van der Waals surface area contributed by atoms with Crippen LogP contribution in [0, 0.1) is 5.92 Å². The molecule has 9 heteroatoms. The zero-order valence-corrected chi connectivity index (χ0v) is 18.7. The van der Waals surface area contributed by atoms with Gasteiger partial charge in [-0.2, -0.15) is 0 Å². The molecule has 0 spiro atoms. The highest BCUT2D eigenvalue weighted by atomic mass is 32.1. The van der Waals surface area contributed by atoms with E-state index >= 15 is 0 Å². The first kappa shape index (κ1) is 21.9. The largest absolute Gasteiger partial charge is 0.466 e. The number of aromatic nitrogens is 3. The number of rotatable bonds is 7. The lowest BCUT2D eigenvalue weighted by Gasteiger charge is -2.32. The van der Waals surface area contributed by atoms with Crippen LogP contribution in [0.5, 0.6) is 0 Å². The van der Waals surface area contributed by atoms with E-state index in [0.29, 0.717) is 24.0 Å². The van der Waals surface area contributed by atoms with E-state index in [1.807, 2.05) is 42.5 Å². The number of carbonyl (C=O) groups excluding carboxylic acids is 2. The molecule has 3 heterocycles. The summed E-state index contributed by atoms with van der Waals surface area (Å²) in [5.74, 6) is 0.212. The zero-order chi connectivity index (χ0) is 22.3. The van der Waals surface area contributed by atoms with Gasteiger partial charge in [-0.05, 0) is 31.9 Å². The number of thiazole rings is 1. The number of nitrogens with one attached hydrogen (secondary N) is 1. The Kier molecular flexibility index (Phi) is 7.06. The predicted molar refractivity (Wildman–Crippen MR) is 123 cm³/mol. The highest BCUT2D eigenvalue weighted by Gasteiger charge is 2.27. The van der Waals surface area contributed by atoms with Crippen molar-refractivity contribution in [1.29, 1.82) is 0 Å². The molecule has 0 bridgehead atoms. The molecule has 2 aromatic heterocycles. The van der Waals surface area contributed by atoms with Crippen LogP contribution in [-0.4, -0.2) is 46.8 Å². The molecule has 1 fully saturated rings. The number of nitrogens with zero attached hydrogens (tertiary/aromatic N) is 4. The minimum atomic E-state index is -0.321. The number of anilines is 2. The molecule has 1 aliphatic heterocycles. The molecule has 1 N–H and O–H groups in total. The lowest BCUT2D eigenvalue weighted by atomic mass is 9.97. The smallest absolute Gasteiger partial charge is 0.311 e. The number of amides is 1. The molecule has 1 saturated heterocycles. The molecule has 1 aromatic carbocycles. The number of benzene rings is 1. The fourth-order valence-corrected chi connectivity index (χ4v) is 4.38. The Morgan fingerprint density at radius 3 is 2.78 bits per heavy atom. The molecule has 32 heavy (non-hydrogen) atoms. The standard InChI is InChI=1S/C23H25N5O3S/c1-2-31-21(29)13-18-15-32-23(24-18)25-22(30)17-9-6-12-28(14-17)20-11-10-19(26-27-20)16-7-4-3-5-8-16/h3-5,7-8,10-11,15,17H,2,6,9,12-14H2,1H3,(H,24,25,30). The predicted octanol–water partition coefficient (Wildman–Crippen LogP) is 3.56. The molecule has 0 radical (unpaired) electrons. The van der Waals surface area contributed by atoms with Gasteiger partial charge in [0, 0.05) is 24.0 Å². The van der Waals surface area contributed by atoms with Crippen molar-refractivity contribution in [2.75, 3.05) is 29.9 Å². The van der Waals surface area contributed by atoms with Gasteiger partial charge in [0.25, 0.3) is 0 Å². The Balaban J connectivity index is 1.35. The Bertz CT molecular complexity index is 1060. The van der Waals surface area contributed by atoms with Gasteiger partial charge >= 0.3 is 5.97 Å². The molecule has 166 valence electrons. The topological polar surface area (TPSA) is 97.3 Å². The van der Waals surface area contributed by atoms with Gasteiger partial charge in [0.2, 0.25) is 5.91 Å². The second-order valence-corrected chi connectivity index (χ2v) is 8.40. The first-order valence-corrected chi connectivity index (χ1v) is 11.6. The third-order valence-corrected chi connectivity index (χ3v) is 6.06. The van der Waals surface area contributed by atoms with Crippen LogP contribution in [-0.2, 0) is 20.7 Å². The van der Waals surface area contributed by atoms with Crippen molar-refractivity contribution >= 4 is 34.2 Å². The summed E-state index contributed by atoms with van der Waals surface area (Å²) in [5, 5.41) is 13.9. The molecule has 0 saturated carbocycles. The number of esters is 1. The van der Waals surface area contributed by atoms with E-state index in [0.717, 1.165) is 36.5 Å². The average molecular weight is 452 g/mol. The Morgan fingerprint density at radius 1 is 1.19 bits per heavy atom. The van der Waals surface area contributed by atoms with Crippen molar-refractivity contribution in [2.24, 2.45) is 5.92 Å². The second-order valence-electron chi connectivity index (χ2n) is 7.54. The maximum atomic E-state index is 12.8. The molecule has 1 atom stereocenters. The fraction of sp³-hybridized carbons (Fsp3) is 0.348. The van der Waals surface area contributed by atoms with Crippen LogP contribution in [0.1, 0.15) is 25.5 Å². The summed E-state index contributed by atoms with van der Waals surface area (Å²) < 4.78 is 4.94. The summed E-state index contributed by atoms with van der Waals surface area (Å²) in [6.45, 7) is 3.52. The zero-order valence-electron chi connectivity index (χ0n) is 17.9. The van der Waals surface area contributed by atoms with Crippen LogP contribution in [0.3, 0.4) is 0 Å². The van der Waals surface area contributed by atoms with Gasteiger partial charge in [0.1, 0.15) is 0 Å². The average Bonchev–Trinajstić information content (AvgIpc) is 3.26. The Labute approximate surface area is 190 Å². The van der Waals surface area contributed by atoms with Gasteiger partial charge < -0.3 is 15.0 Å². The van der Waals surface area contributed by atoms with Gasteiger partial charge in [-0.3, -0.25) is 9.59 Å². The lowest BCUT2D eigenvalue weighted by Crippen LogP contribution is -2.41. The third kappa shape index (κ3) is 5.47. The summed E-state index contributed by atoms with van der Waals surface area (Å²) in [7, 11) is 0. The van der Waals surface area contributed by atoms with Crippen LogP contribution < -0.4 is 10.2 Å². The summed E-state index contributed by atoms with van der Waals surface area (Å²) >= 11 is 1.31. The molecular formula is C23H25N5O3S. The lowest BCUT2D eigenvalue weighted by molar-refractivity contribution is -0.142. The second kappa shape index (κ2) is 10.3. The molecule has 3 aromatic rings. The first-order valence-electron chi connectivity index (χ1n) is 10.7. The summed E-state index contributed by atoms with van der Waals surface area (Å²) in [4.78, 5) is 30.9. The Hall–Kier alpha value is -3.33. The van der Waals surface area contributed by atoms with E-state index in [4.69, 9.17) is 4.74 Å². The van der Waals surface area contributed by atoms with Crippen LogP contribution in [0.25, 0.3) is 11.3 Å². The molecule has 1 unspecified atom stereocenters. The molecule has 0 aliphatic carbocycles. The molecule has 4 rings (SSSR count). The molecular weight excluding hydrogens is 426 g/mol. The van der Waals surface area contributed by atoms with Crippen LogP contribution in [0.2, 0.25) is 0 Å². The molecule has 8 nitrogen and oxygen atoms in total. The number of ether oxygens (including phenoxy) is 1. The third-order valence-electron chi connectivity index (χ3n) is 5.25. The minimum Gasteiger partial charge on any atom is -0.466 e. The van der Waals surface area contributed by atoms with Gasteiger partial charge in [-0.15, -0.1) is 21.5 Å². The maximum Gasteiger partial charge on any atom is 0.311 e. The van der Waals surface area contributed by atoms with Crippen molar-refractivity contribution in [1.82, 2.24) is 15.2 Å². The number of carbonyl (C=O) groups is 2. The highest BCUT2D eigenvalue weighted by Crippen LogP contribution is 2.25. The van der Waals surface area contributed by atoms with E-state index < -0.39 is 0 Å². The van der Waals surface area contributed by atoms with Crippen LogP contribution >= 0.6 is 11.3 Å². The molecule has 1 amide bonds. The van der Waals surface area contributed by atoms with Gasteiger partial charge in [0.05, 0.1) is 30.3 Å². The Morgan fingerprint density at radius 2 is 2.03 bits per heavy atom. The fourth-order valence-electron chi connectivity index (χ4n) is 3.67. The van der Waals surface area contributed by atoms with Crippen LogP contribution in [0.15, 0.2) is 47.8 Å². The van der Waals surface area contributed by atoms with E-state index in [1.165, 1.54) is 11.3 Å². The van der Waals surface area contributed by atoms with Crippen molar-refractivity contribution in [3.63, 3.8) is 0 Å². The summed E-state index contributed by atoms with van der Waals surface area (Å²) in [6, 6.07) is 13.8. The van der Waals surface area contributed by atoms with Crippen LogP contribution in [0.4, 0.5) is 10.9 Å². The molecule has 1 aliphatic rings. The monoisotopic (exact) mass is 451 g/mol. The SMILES string of the molecule is CCOC(=O)Cc1csc(NC(=O)C2CCCN(c3ccc(-c4ccccc4)nn3)C2)n1. The van der Waals surface area contributed by atoms with Crippen molar-refractivity contribution in [3.05, 3.63) is 53.5 Å². The maximum absolute atomic E-state index is 12.8. The minimum absolute atomic E-state index is 0.0689. The first-order chi connectivity index (χ1) is 15.6. The van der Waals surface area contributed by atoms with E-state index in [9.17, 15) is 9.59 Å². The van der Waals surface area contributed by atoms with E-state index in [-0.39, 0.29) is 24.2 Å². The normalized spacial score (nSPS) is 15.9. The van der Waals surface area contributed by atoms with E-state index in [1.54, 1.807) is 12.3 Å². The number of piperidine rings is 1. The number of hydrogen-bond acceptors (Lipinski definition) is 8. The number of hydrogen-bond donors (Lipinski definition) is 1. The summed E-state index contributed by atoms with van der Waals surface area (Å²) in [6.07, 6.45) is 1.81.